The molecule has 11 heteroatoms. The first-order valence-electron chi connectivity index (χ1n) is 9.83. The smallest absolute Gasteiger partial charge is 0.416 e. The molecule has 0 saturated carbocycles. The number of hydrogen-bond donors (Lipinski definition) is 2. The highest BCUT2D eigenvalue weighted by molar-refractivity contribution is 7.99. The Balaban J connectivity index is 2.14. The van der Waals surface area contributed by atoms with Crippen LogP contribution in [0.15, 0.2) is 42.5 Å². The van der Waals surface area contributed by atoms with Crippen molar-refractivity contribution in [3.05, 3.63) is 53.6 Å². The van der Waals surface area contributed by atoms with Gasteiger partial charge in [0.15, 0.2) is 0 Å². The van der Waals surface area contributed by atoms with Crippen molar-refractivity contribution in [1.82, 2.24) is 0 Å². The summed E-state index contributed by atoms with van der Waals surface area (Å²) < 4.78 is 84.7. The number of carbonyl (C=O) groups is 1. The summed E-state index contributed by atoms with van der Waals surface area (Å²) in [4.78, 5) is 10.7. The molecule has 0 bridgehead atoms. The lowest BCUT2D eigenvalue weighted by Gasteiger charge is -2.21. The highest BCUT2D eigenvalue weighted by Gasteiger charge is 2.40. The Morgan fingerprint density at radius 3 is 2.15 bits per heavy atom. The summed E-state index contributed by atoms with van der Waals surface area (Å²) in [5.41, 5.74) is 5.25. The first kappa shape index (κ1) is 26.8. The number of carboxylic acids is 1. The third kappa shape index (κ3) is 7.56. The molecule has 0 fully saturated rings. The molecule has 0 heterocycles. The van der Waals surface area contributed by atoms with Crippen LogP contribution < -0.4 is 10.5 Å². The minimum Gasteiger partial charge on any atom is -0.496 e. The van der Waals surface area contributed by atoms with E-state index in [-0.39, 0.29) is 29.9 Å². The van der Waals surface area contributed by atoms with Crippen LogP contribution in [0.25, 0.3) is 11.1 Å². The molecule has 3 N–H and O–H groups in total. The second-order valence-electron chi connectivity index (χ2n) is 7.26. The molecule has 0 amide bonds. The molecular formula is C22H23F6NO3S. The molecule has 2 aromatic carbocycles. The minimum atomic E-state index is -4.55. The molecule has 2 unspecified atom stereocenters. The van der Waals surface area contributed by atoms with Crippen LogP contribution in [0.3, 0.4) is 0 Å². The summed E-state index contributed by atoms with van der Waals surface area (Å²) in [5, 5.41) is 8.73. The zero-order valence-corrected chi connectivity index (χ0v) is 18.4. The molecule has 0 spiro atoms. The topological polar surface area (TPSA) is 72.5 Å². The van der Waals surface area contributed by atoms with Crippen molar-refractivity contribution >= 4 is 17.7 Å². The number of alkyl halides is 6. The fourth-order valence-corrected chi connectivity index (χ4v) is 4.18. The van der Waals surface area contributed by atoms with Crippen molar-refractivity contribution in [1.29, 1.82) is 0 Å². The van der Waals surface area contributed by atoms with E-state index in [1.807, 2.05) is 0 Å². The van der Waals surface area contributed by atoms with Crippen LogP contribution in [0.1, 0.15) is 29.9 Å². The van der Waals surface area contributed by atoms with Crippen molar-refractivity contribution in [3.63, 3.8) is 0 Å². The number of halogens is 6. The van der Waals surface area contributed by atoms with Crippen LogP contribution in [0.4, 0.5) is 26.3 Å². The van der Waals surface area contributed by atoms with Gasteiger partial charge in [-0.15, -0.1) is 0 Å². The minimum absolute atomic E-state index is 0.0277. The van der Waals surface area contributed by atoms with Crippen molar-refractivity contribution in [2.45, 2.75) is 37.2 Å². The molecule has 0 aliphatic carbocycles. The quantitative estimate of drug-likeness (QED) is 0.315. The van der Waals surface area contributed by atoms with Gasteiger partial charge >= 0.3 is 18.3 Å². The summed E-state index contributed by atoms with van der Waals surface area (Å²) >= 11 is 1.19. The molecule has 2 rings (SSSR count). The van der Waals surface area contributed by atoms with Gasteiger partial charge in [0, 0.05) is 5.56 Å². The fraction of sp³-hybridized carbons (Fsp3) is 0.409. The maximum Gasteiger partial charge on any atom is 0.416 e. The molecule has 0 aliphatic rings. The van der Waals surface area contributed by atoms with Gasteiger partial charge in [0.1, 0.15) is 11.8 Å². The van der Waals surface area contributed by atoms with Crippen molar-refractivity contribution in [3.8, 4) is 16.9 Å². The van der Waals surface area contributed by atoms with E-state index >= 15 is 0 Å². The summed E-state index contributed by atoms with van der Waals surface area (Å²) in [7, 11) is 1.22. The van der Waals surface area contributed by atoms with Gasteiger partial charge < -0.3 is 15.6 Å². The third-order valence-corrected chi connectivity index (χ3v) is 6.04. The summed E-state index contributed by atoms with van der Waals surface area (Å²) in [6.07, 6.45) is -9.10. The van der Waals surface area contributed by atoms with E-state index in [9.17, 15) is 31.1 Å². The van der Waals surface area contributed by atoms with E-state index in [0.717, 1.165) is 12.1 Å². The summed E-state index contributed by atoms with van der Waals surface area (Å²) in [6, 6.07) is 7.33. The van der Waals surface area contributed by atoms with Crippen LogP contribution in [0.5, 0.6) is 5.75 Å². The SMILES string of the molecule is COc1cc(C(F)(F)F)ccc1-c1ccc(C(CCSCCC(N)C(=O)O)C(F)(F)F)cc1. The second-order valence-corrected chi connectivity index (χ2v) is 8.49. The second kappa shape index (κ2) is 11.1. The maximum absolute atomic E-state index is 13.6. The lowest BCUT2D eigenvalue weighted by Crippen LogP contribution is -2.30. The van der Waals surface area contributed by atoms with E-state index in [1.54, 1.807) is 0 Å². The number of methoxy groups -OCH3 is 1. The lowest BCUT2D eigenvalue weighted by atomic mass is 9.93. The van der Waals surface area contributed by atoms with Crippen molar-refractivity contribution < 1.29 is 41.0 Å². The van der Waals surface area contributed by atoms with Crippen molar-refractivity contribution in [2.24, 2.45) is 5.73 Å². The maximum atomic E-state index is 13.6. The molecular weight excluding hydrogens is 472 g/mol. The van der Waals surface area contributed by atoms with Gasteiger partial charge in [-0.05, 0) is 47.6 Å². The Morgan fingerprint density at radius 1 is 1.03 bits per heavy atom. The van der Waals surface area contributed by atoms with Crippen LogP contribution in [0.2, 0.25) is 0 Å². The number of carboxylic acid groups (broad SMARTS) is 1. The van der Waals surface area contributed by atoms with Crippen molar-refractivity contribution in [2.75, 3.05) is 18.6 Å². The zero-order valence-electron chi connectivity index (χ0n) is 17.5. The predicted octanol–water partition coefficient (Wildman–Crippen LogP) is 5.95. The Hall–Kier alpha value is -2.40. The van der Waals surface area contributed by atoms with E-state index < -0.39 is 35.8 Å². The Kier molecular flexibility index (Phi) is 9.07. The lowest BCUT2D eigenvalue weighted by molar-refractivity contribution is -0.150. The van der Waals surface area contributed by atoms with E-state index in [1.165, 1.54) is 49.2 Å². The molecule has 0 radical (unpaired) electrons. The normalized spacial score (nSPS) is 14.1. The van der Waals surface area contributed by atoms with Crippen LogP contribution in [0, 0.1) is 0 Å². The van der Waals surface area contributed by atoms with Crippen LogP contribution >= 0.6 is 11.8 Å². The predicted molar refractivity (Wildman–Crippen MR) is 114 cm³/mol. The molecule has 33 heavy (non-hydrogen) atoms. The number of hydrogen-bond acceptors (Lipinski definition) is 4. The molecule has 2 atom stereocenters. The largest absolute Gasteiger partial charge is 0.496 e. The average molecular weight is 495 g/mol. The monoisotopic (exact) mass is 495 g/mol. The van der Waals surface area contributed by atoms with Gasteiger partial charge in [0.25, 0.3) is 0 Å². The molecule has 0 aliphatic heterocycles. The van der Waals surface area contributed by atoms with Crippen LogP contribution in [-0.2, 0) is 11.0 Å². The first-order valence-corrected chi connectivity index (χ1v) is 11.0. The first-order chi connectivity index (χ1) is 15.3. The highest BCUT2D eigenvalue weighted by atomic mass is 32.2. The van der Waals surface area contributed by atoms with Gasteiger partial charge in [0.05, 0.1) is 18.6 Å². The molecule has 182 valence electrons. The molecule has 4 nitrogen and oxygen atoms in total. The number of aliphatic carboxylic acids is 1. The van der Waals surface area contributed by atoms with E-state index in [4.69, 9.17) is 15.6 Å². The van der Waals surface area contributed by atoms with Gasteiger partial charge in [-0.1, -0.05) is 30.3 Å². The molecule has 0 aromatic heterocycles. The van der Waals surface area contributed by atoms with E-state index in [0.29, 0.717) is 16.9 Å². The number of thioether (sulfide) groups is 1. The summed E-state index contributed by atoms with van der Waals surface area (Å²) in [5.74, 6) is -2.45. The highest BCUT2D eigenvalue weighted by Crippen LogP contribution is 2.40. The van der Waals surface area contributed by atoms with Gasteiger partial charge in [-0.25, -0.2) is 0 Å². The number of benzene rings is 2. The number of ether oxygens (including phenoxy) is 1. The number of rotatable bonds is 10. The zero-order chi connectivity index (χ0) is 24.8. The average Bonchev–Trinajstić information content (AvgIpc) is 2.74. The number of nitrogens with two attached hydrogens (primary N) is 1. The van der Waals surface area contributed by atoms with E-state index in [2.05, 4.69) is 0 Å². The Bertz CT molecular complexity index is 931. The van der Waals surface area contributed by atoms with Gasteiger partial charge in [-0.3, -0.25) is 4.79 Å². The van der Waals surface area contributed by atoms with Gasteiger partial charge in [-0.2, -0.15) is 38.1 Å². The Morgan fingerprint density at radius 2 is 1.64 bits per heavy atom. The summed E-state index contributed by atoms with van der Waals surface area (Å²) in [6.45, 7) is 0. The standard InChI is InChI=1S/C22H23F6NO3S/c1-32-19-12-15(21(23,24)25)6-7-16(19)13-2-4-14(5-3-13)17(22(26,27)28)8-10-33-11-9-18(29)20(30)31/h2-7,12,17-18H,8-11,29H2,1H3,(H,30,31). The molecule has 0 saturated heterocycles. The van der Waals surface area contributed by atoms with Crippen LogP contribution in [-0.4, -0.2) is 41.9 Å². The fourth-order valence-electron chi connectivity index (χ4n) is 3.16. The molecule has 2 aromatic rings. The Labute approximate surface area is 191 Å². The van der Waals surface area contributed by atoms with Gasteiger partial charge in [0.2, 0.25) is 0 Å². The third-order valence-electron chi connectivity index (χ3n) is 4.99.